The molecule has 0 aliphatic rings. The van der Waals surface area contributed by atoms with Crippen molar-refractivity contribution < 1.29 is 31.5 Å². The molecular formula is C14H16F5N5O2. The van der Waals surface area contributed by atoms with Crippen LogP contribution < -0.4 is 5.32 Å². The Kier molecular flexibility index (Phi) is 5.95. The van der Waals surface area contributed by atoms with Gasteiger partial charge in [0, 0.05) is 5.69 Å². The molecule has 1 amide bonds. The Morgan fingerprint density at radius 3 is 2.65 bits per heavy atom. The molecule has 2 heterocycles. The first-order valence-corrected chi connectivity index (χ1v) is 7.39. The molecule has 1 N–H and O–H groups in total. The minimum Gasteiger partial charge on any atom is -0.350 e. The lowest BCUT2D eigenvalue weighted by atomic mass is 10.3. The zero-order valence-corrected chi connectivity index (χ0v) is 13.8. The van der Waals surface area contributed by atoms with Crippen molar-refractivity contribution in [3.05, 3.63) is 29.8 Å². The number of amides is 1. The third-order valence-corrected chi connectivity index (χ3v) is 3.30. The highest BCUT2D eigenvalue weighted by atomic mass is 19.4. The number of rotatable bonds is 7. The molecule has 0 aliphatic heterocycles. The van der Waals surface area contributed by atoms with Gasteiger partial charge < -0.3 is 10.1 Å². The van der Waals surface area contributed by atoms with Crippen molar-refractivity contribution >= 4 is 11.6 Å². The van der Waals surface area contributed by atoms with E-state index in [-0.39, 0.29) is 5.69 Å². The van der Waals surface area contributed by atoms with E-state index in [2.05, 4.69) is 20.3 Å². The van der Waals surface area contributed by atoms with Crippen LogP contribution in [0.2, 0.25) is 0 Å². The summed E-state index contributed by atoms with van der Waals surface area (Å²) in [5.41, 5.74) is 0.173. The second kappa shape index (κ2) is 7.81. The van der Waals surface area contributed by atoms with Crippen LogP contribution in [0.15, 0.2) is 18.5 Å². The van der Waals surface area contributed by atoms with Gasteiger partial charge in [-0.25, -0.2) is 13.5 Å². The minimum absolute atomic E-state index is 0.219. The number of aromatic nitrogens is 4. The average molecular weight is 381 g/mol. The van der Waals surface area contributed by atoms with E-state index in [1.54, 1.807) is 6.92 Å². The van der Waals surface area contributed by atoms with Gasteiger partial charge >= 0.3 is 6.18 Å². The first-order valence-electron chi connectivity index (χ1n) is 7.39. The molecule has 0 bridgehead atoms. The van der Waals surface area contributed by atoms with E-state index < -0.39 is 43.6 Å². The fourth-order valence-corrected chi connectivity index (χ4v) is 2.12. The molecule has 7 nitrogen and oxygen atoms in total. The summed E-state index contributed by atoms with van der Waals surface area (Å²) in [4.78, 5) is 12.2. The number of hydrogen-bond acceptors (Lipinski definition) is 4. The van der Waals surface area contributed by atoms with E-state index in [9.17, 15) is 26.7 Å². The van der Waals surface area contributed by atoms with Crippen molar-refractivity contribution in [1.29, 1.82) is 0 Å². The van der Waals surface area contributed by atoms with E-state index >= 15 is 0 Å². The smallest absolute Gasteiger partial charge is 0.350 e. The molecule has 1 atom stereocenters. The predicted octanol–water partition coefficient (Wildman–Crippen LogP) is 3.06. The fourth-order valence-electron chi connectivity index (χ4n) is 2.12. The number of ether oxygens (including phenoxy) is 1. The highest BCUT2D eigenvalue weighted by molar-refractivity contribution is 5.93. The monoisotopic (exact) mass is 381 g/mol. The zero-order chi connectivity index (χ0) is 19.5. The maximum atomic E-state index is 12.7. The van der Waals surface area contributed by atoms with Crippen LogP contribution in [0.1, 0.15) is 30.8 Å². The molecule has 0 spiro atoms. The summed E-state index contributed by atoms with van der Waals surface area (Å²) in [5.74, 6) is -0.548. The number of nitrogens with zero attached hydrogens (tertiary/aromatic N) is 4. The number of carbonyl (C=O) groups excluding carboxylic acids is 1. The second-order valence-corrected chi connectivity index (χ2v) is 5.48. The Hall–Kier alpha value is -2.50. The van der Waals surface area contributed by atoms with E-state index in [4.69, 9.17) is 0 Å². The largest absolute Gasteiger partial charge is 0.411 e. The second-order valence-electron chi connectivity index (χ2n) is 5.48. The Balaban J connectivity index is 1.95. The molecule has 144 valence electrons. The van der Waals surface area contributed by atoms with Gasteiger partial charge in [-0.05, 0) is 19.9 Å². The molecule has 2 rings (SSSR count). The molecular weight excluding hydrogens is 365 g/mol. The van der Waals surface area contributed by atoms with Crippen LogP contribution in [0.4, 0.5) is 27.6 Å². The molecule has 26 heavy (non-hydrogen) atoms. The van der Waals surface area contributed by atoms with Crippen molar-refractivity contribution in [2.24, 2.45) is 0 Å². The van der Waals surface area contributed by atoms with Crippen molar-refractivity contribution in [3.8, 4) is 0 Å². The van der Waals surface area contributed by atoms with E-state index in [0.29, 0.717) is 5.69 Å². The molecule has 2 aromatic heterocycles. The fraction of sp³-hybridized carbons (Fsp3) is 0.500. The molecule has 0 radical (unpaired) electrons. The van der Waals surface area contributed by atoms with Crippen LogP contribution in [0, 0.1) is 6.92 Å². The van der Waals surface area contributed by atoms with E-state index in [0.717, 1.165) is 9.36 Å². The summed E-state index contributed by atoms with van der Waals surface area (Å²) in [7, 11) is 0. The van der Waals surface area contributed by atoms with E-state index in [1.165, 1.54) is 25.4 Å². The van der Waals surface area contributed by atoms with Crippen molar-refractivity contribution in [2.45, 2.75) is 39.2 Å². The van der Waals surface area contributed by atoms with Crippen LogP contribution in [-0.2, 0) is 16.3 Å². The molecule has 2 aromatic rings. The summed E-state index contributed by atoms with van der Waals surface area (Å²) >= 11 is 0. The van der Waals surface area contributed by atoms with E-state index in [1.807, 2.05) is 0 Å². The summed E-state index contributed by atoms with van der Waals surface area (Å²) < 4.78 is 68.0. The third-order valence-electron chi connectivity index (χ3n) is 3.30. The van der Waals surface area contributed by atoms with Crippen LogP contribution in [0.5, 0.6) is 0 Å². The van der Waals surface area contributed by atoms with Gasteiger partial charge in [0.05, 0.1) is 18.1 Å². The number of anilines is 1. The Bertz CT molecular complexity index is 755. The third kappa shape index (κ3) is 5.25. The molecule has 0 fully saturated rings. The van der Waals surface area contributed by atoms with Gasteiger partial charge in [0.15, 0.2) is 0 Å². The van der Waals surface area contributed by atoms with Gasteiger partial charge in [-0.1, -0.05) is 0 Å². The van der Waals surface area contributed by atoms with Gasteiger partial charge in [-0.3, -0.25) is 9.48 Å². The highest BCUT2D eigenvalue weighted by Crippen LogP contribution is 2.21. The molecule has 0 saturated carbocycles. The maximum absolute atomic E-state index is 12.7. The first-order chi connectivity index (χ1) is 12.1. The lowest BCUT2D eigenvalue weighted by Gasteiger charge is -2.13. The normalized spacial score (nSPS) is 13.2. The van der Waals surface area contributed by atoms with Crippen molar-refractivity contribution in [3.63, 3.8) is 0 Å². The van der Waals surface area contributed by atoms with Gasteiger partial charge in [0.2, 0.25) is 5.91 Å². The van der Waals surface area contributed by atoms with Crippen molar-refractivity contribution in [2.75, 3.05) is 11.9 Å². The summed E-state index contributed by atoms with van der Waals surface area (Å²) in [6.45, 7) is 1.15. The Morgan fingerprint density at radius 2 is 2.08 bits per heavy atom. The maximum Gasteiger partial charge on any atom is 0.411 e. The highest BCUT2D eigenvalue weighted by Gasteiger charge is 2.27. The number of aryl methyl sites for hydroxylation is 1. The topological polar surface area (TPSA) is 74.0 Å². The summed E-state index contributed by atoms with van der Waals surface area (Å²) in [5, 5.41) is 9.94. The average Bonchev–Trinajstić information content (AvgIpc) is 3.12. The van der Waals surface area contributed by atoms with Crippen LogP contribution in [0.3, 0.4) is 0 Å². The number of nitrogens with one attached hydrogen (secondary N) is 1. The van der Waals surface area contributed by atoms with Crippen LogP contribution >= 0.6 is 0 Å². The number of halogens is 5. The quantitative estimate of drug-likeness (QED) is 0.748. The predicted molar refractivity (Wildman–Crippen MR) is 79.5 cm³/mol. The molecule has 0 saturated heterocycles. The number of hydrogen-bond donors (Lipinski definition) is 1. The number of carbonyl (C=O) groups is 1. The van der Waals surface area contributed by atoms with Crippen LogP contribution in [0.25, 0.3) is 0 Å². The van der Waals surface area contributed by atoms with Gasteiger partial charge in [-0.15, -0.1) is 0 Å². The van der Waals surface area contributed by atoms with Gasteiger partial charge in [-0.2, -0.15) is 23.4 Å². The minimum atomic E-state index is -4.45. The SMILES string of the molecule is Cc1cc(C(F)F)nn1C(C)C(=O)Nc1cnn(COCC(F)(F)F)c1. The van der Waals surface area contributed by atoms with Gasteiger partial charge in [0.1, 0.15) is 25.1 Å². The Labute approximate surface area is 144 Å². The lowest BCUT2D eigenvalue weighted by molar-refractivity contribution is -0.182. The summed E-state index contributed by atoms with van der Waals surface area (Å²) in [6.07, 6.45) is -4.69. The molecule has 0 aromatic carbocycles. The van der Waals surface area contributed by atoms with Crippen LogP contribution in [-0.4, -0.2) is 38.3 Å². The first kappa shape index (κ1) is 19.8. The zero-order valence-electron chi connectivity index (χ0n) is 13.8. The standard InChI is InChI=1S/C14H16F5N5O2/c1-8-3-11(12(15)16)22-24(8)9(2)13(25)21-10-4-20-23(5-10)7-26-6-14(17,18)19/h3-5,9,12H,6-7H2,1-2H3,(H,21,25). The van der Waals surface area contributed by atoms with Gasteiger partial charge in [0.25, 0.3) is 6.43 Å². The summed E-state index contributed by atoms with van der Waals surface area (Å²) in [6, 6.07) is 0.303. The van der Waals surface area contributed by atoms with Crippen molar-refractivity contribution in [1.82, 2.24) is 19.6 Å². The lowest BCUT2D eigenvalue weighted by Crippen LogP contribution is -2.25. The number of alkyl halides is 5. The Morgan fingerprint density at radius 1 is 1.38 bits per heavy atom. The molecule has 0 aliphatic carbocycles. The molecule has 12 heteroatoms. The molecule has 1 unspecified atom stereocenters.